The summed E-state index contributed by atoms with van der Waals surface area (Å²) in [5.41, 5.74) is 1.98. The van der Waals surface area contributed by atoms with Gasteiger partial charge >= 0.3 is 0 Å². The molecule has 0 bridgehead atoms. The van der Waals surface area contributed by atoms with Gasteiger partial charge in [-0.25, -0.2) is 0 Å². The lowest BCUT2D eigenvalue weighted by Gasteiger charge is -2.22. The van der Waals surface area contributed by atoms with Crippen LogP contribution >= 0.6 is 11.6 Å². The van der Waals surface area contributed by atoms with Crippen LogP contribution in [-0.4, -0.2) is 12.4 Å². The van der Waals surface area contributed by atoms with Crippen molar-refractivity contribution in [1.29, 1.82) is 0 Å². The van der Waals surface area contributed by atoms with Crippen molar-refractivity contribution < 1.29 is 9.53 Å². The molecule has 1 fully saturated rings. The summed E-state index contributed by atoms with van der Waals surface area (Å²) in [6.07, 6.45) is 5.75. The van der Waals surface area contributed by atoms with Gasteiger partial charge in [0.2, 0.25) is 0 Å². The number of fused-ring (bicyclic) bond motifs is 1. The minimum Gasteiger partial charge on any atom is -0.493 e. The monoisotopic (exact) mass is 278 g/mol. The molecule has 0 radical (unpaired) electrons. The molecule has 1 aliphatic heterocycles. The molecule has 1 heterocycles. The summed E-state index contributed by atoms with van der Waals surface area (Å²) in [6.45, 7) is 2.81. The number of hydrogen-bond acceptors (Lipinski definition) is 2. The number of carbonyl (C=O) groups is 1. The Morgan fingerprint density at radius 1 is 1.37 bits per heavy atom. The van der Waals surface area contributed by atoms with Crippen LogP contribution in [-0.2, 0) is 17.6 Å². The summed E-state index contributed by atoms with van der Waals surface area (Å²) in [5, 5.41) is 0.712. The second kappa shape index (κ2) is 4.82. The lowest BCUT2D eigenvalue weighted by Crippen LogP contribution is -2.26. The molecule has 1 saturated carbocycles. The molecule has 1 aromatic rings. The average Bonchev–Trinajstić information content (AvgIpc) is 2.98. The molecule has 0 atom stereocenters. The van der Waals surface area contributed by atoms with E-state index in [0.717, 1.165) is 36.1 Å². The molecular formula is C16H19ClO2. The molecule has 1 aromatic carbocycles. The van der Waals surface area contributed by atoms with Gasteiger partial charge in [0.15, 0.2) is 0 Å². The number of ketones is 1. The fourth-order valence-corrected chi connectivity index (χ4v) is 3.56. The second-order valence-corrected chi connectivity index (χ2v) is 6.46. The number of halogens is 1. The van der Waals surface area contributed by atoms with E-state index in [2.05, 4.69) is 6.92 Å². The molecule has 0 amide bonds. The SMILES string of the molecule is CC1(C(=O)Cc2cc(Cl)cc3c2OCC3)CCCC1. The molecular weight excluding hydrogens is 260 g/mol. The summed E-state index contributed by atoms with van der Waals surface area (Å²) in [6, 6.07) is 3.84. The van der Waals surface area contributed by atoms with Crippen LogP contribution in [0.2, 0.25) is 5.02 Å². The Morgan fingerprint density at radius 3 is 2.84 bits per heavy atom. The summed E-state index contributed by atoms with van der Waals surface area (Å²) < 4.78 is 5.67. The van der Waals surface area contributed by atoms with Gasteiger partial charge in [-0.15, -0.1) is 0 Å². The highest BCUT2D eigenvalue weighted by Gasteiger charge is 2.36. The molecule has 2 aliphatic rings. The number of carbonyl (C=O) groups excluding carboxylic acids is 1. The Balaban J connectivity index is 1.86. The van der Waals surface area contributed by atoms with Gasteiger partial charge in [-0.2, -0.15) is 0 Å². The van der Waals surface area contributed by atoms with E-state index in [1.165, 1.54) is 12.8 Å². The lowest BCUT2D eigenvalue weighted by atomic mass is 9.81. The molecule has 2 nitrogen and oxygen atoms in total. The molecule has 0 unspecified atom stereocenters. The van der Waals surface area contributed by atoms with Gasteiger partial charge in [-0.05, 0) is 30.5 Å². The van der Waals surface area contributed by atoms with Crippen LogP contribution in [0.15, 0.2) is 12.1 Å². The fraction of sp³-hybridized carbons (Fsp3) is 0.562. The van der Waals surface area contributed by atoms with Gasteiger partial charge in [0.25, 0.3) is 0 Å². The zero-order valence-corrected chi connectivity index (χ0v) is 12.1. The Kier molecular flexibility index (Phi) is 3.30. The topological polar surface area (TPSA) is 26.3 Å². The van der Waals surface area contributed by atoms with Crippen LogP contribution < -0.4 is 4.74 Å². The number of rotatable bonds is 3. The molecule has 0 N–H and O–H groups in total. The third-order valence-electron chi connectivity index (χ3n) is 4.56. The van der Waals surface area contributed by atoms with Gasteiger partial charge in [-0.1, -0.05) is 31.4 Å². The average molecular weight is 279 g/mol. The van der Waals surface area contributed by atoms with Gasteiger partial charge < -0.3 is 4.74 Å². The van der Waals surface area contributed by atoms with E-state index in [1.807, 2.05) is 12.1 Å². The minimum atomic E-state index is -0.131. The Hall–Kier alpha value is -1.02. The molecule has 1 aliphatic carbocycles. The van der Waals surface area contributed by atoms with E-state index in [9.17, 15) is 4.79 Å². The van der Waals surface area contributed by atoms with E-state index in [4.69, 9.17) is 16.3 Å². The normalized spacial score (nSPS) is 20.1. The molecule has 3 rings (SSSR count). The first-order valence-corrected chi connectivity index (χ1v) is 7.44. The number of Topliss-reactive ketones (excluding diaryl/α,β-unsaturated/α-hetero) is 1. The van der Waals surface area contributed by atoms with Gasteiger partial charge in [0.05, 0.1) is 6.61 Å². The standard InChI is InChI=1S/C16H19ClO2/c1-16(5-2-3-6-16)14(18)10-12-9-13(17)8-11-4-7-19-15(11)12/h8-9H,2-7,10H2,1H3. The maximum Gasteiger partial charge on any atom is 0.143 e. The zero-order chi connectivity index (χ0) is 13.5. The Morgan fingerprint density at radius 2 is 2.11 bits per heavy atom. The second-order valence-electron chi connectivity index (χ2n) is 6.02. The first kappa shape index (κ1) is 13.0. The van der Waals surface area contributed by atoms with E-state index in [0.29, 0.717) is 23.8 Å². The van der Waals surface area contributed by atoms with E-state index in [-0.39, 0.29) is 5.41 Å². The Labute approximate surface area is 119 Å². The molecule has 3 heteroatoms. The predicted molar refractivity (Wildman–Crippen MR) is 75.9 cm³/mol. The van der Waals surface area contributed by atoms with Gasteiger partial charge in [0.1, 0.15) is 11.5 Å². The van der Waals surface area contributed by atoms with Crippen molar-refractivity contribution in [2.45, 2.75) is 45.4 Å². The third-order valence-corrected chi connectivity index (χ3v) is 4.77. The summed E-state index contributed by atoms with van der Waals surface area (Å²) in [4.78, 5) is 12.5. The van der Waals surface area contributed by atoms with Crippen molar-refractivity contribution in [2.24, 2.45) is 5.41 Å². The molecule has 102 valence electrons. The largest absolute Gasteiger partial charge is 0.493 e. The summed E-state index contributed by atoms with van der Waals surface area (Å²) in [5.74, 6) is 1.24. The maximum absolute atomic E-state index is 12.5. The van der Waals surface area contributed by atoms with E-state index >= 15 is 0 Å². The van der Waals surface area contributed by atoms with E-state index < -0.39 is 0 Å². The third kappa shape index (κ3) is 2.38. The van der Waals surface area contributed by atoms with Crippen LogP contribution in [0.3, 0.4) is 0 Å². The van der Waals surface area contributed by atoms with E-state index in [1.54, 1.807) is 0 Å². The van der Waals surface area contributed by atoms with Gasteiger partial charge in [-0.3, -0.25) is 4.79 Å². The first-order chi connectivity index (χ1) is 9.08. The van der Waals surface area contributed by atoms with Crippen molar-refractivity contribution in [1.82, 2.24) is 0 Å². The predicted octanol–water partition coefficient (Wildman–Crippen LogP) is 3.97. The van der Waals surface area contributed by atoms with Crippen LogP contribution in [0.5, 0.6) is 5.75 Å². The minimum absolute atomic E-state index is 0.131. The fourth-order valence-electron chi connectivity index (χ4n) is 3.30. The summed E-state index contributed by atoms with van der Waals surface area (Å²) >= 11 is 6.14. The molecule has 19 heavy (non-hydrogen) atoms. The molecule has 0 aromatic heterocycles. The highest BCUT2D eigenvalue weighted by molar-refractivity contribution is 6.30. The first-order valence-electron chi connectivity index (χ1n) is 7.06. The highest BCUT2D eigenvalue weighted by Crippen LogP contribution is 2.41. The number of hydrogen-bond donors (Lipinski definition) is 0. The highest BCUT2D eigenvalue weighted by atomic mass is 35.5. The zero-order valence-electron chi connectivity index (χ0n) is 11.3. The lowest BCUT2D eigenvalue weighted by molar-refractivity contribution is -0.126. The van der Waals surface area contributed by atoms with Crippen LogP contribution in [0.4, 0.5) is 0 Å². The number of benzene rings is 1. The van der Waals surface area contributed by atoms with Crippen LogP contribution in [0, 0.1) is 5.41 Å². The quantitative estimate of drug-likeness (QED) is 0.836. The van der Waals surface area contributed by atoms with Gasteiger partial charge in [0, 0.05) is 28.8 Å². The Bertz CT molecular complexity index is 516. The number of ether oxygens (including phenoxy) is 1. The van der Waals surface area contributed by atoms with Crippen molar-refractivity contribution in [3.63, 3.8) is 0 Å². The van der Waals surface area contributed by atoms with Crippen molar-refractivity contribution in [3.05, 3.63) is 28.3 Å². The molecule has 0 saturated heterocycles. The van der Waals surface area contributed by atoms with Crippen molar-refractivity contribution >= 4 is 17.4 Å². The van der Waals surface area contributed by atoms with Crippen molar-refractivity contribution in [3.8, 4) is 5.75 Å². The van der Waals surface area contributed by atoms with Crippen LogP contribution in [0.1, 0.15) is 43.7 Å². The van der Waals surface area contributed by atoms with Crippen molar-refractivity contribution in [2.75, 3.05) is 6.61 Å². The maximum atomic E-state index is 12.5. The van der Waals surface area contributed by atoms with Crippen LogP contribution in [0.25, 0.3) is 0 Å². The smallest absolute Gasteiger partial charge is 0.143 e. The summed E-state index contributed by atoms with van der Waals surface area (Å²) in [7, 11) is 0. The molecule has 0 spiro atoms.